The Kier molecular flexibility index (Phi) is 2.60. The molecule has 84 valence electrons. The number of pyridine rings is 1. The molecule has 0 unspecified atom stereocenters. The van der Waals surface area contributed by atoms with E-state index in [2.05, 4.69) is 11.6 Å². The minimum Gasteiger partial charge on any atom is -0.327 e. The number of aromatic amines is 1. The van der Waals surface area contributed by atoms with Crippen LogP contribution >= 0.6 is 0 Å². The van der Waals surface area contributed by atoms with E-state index < -0.39 is 11.7 Å². The van der Waals surface area contributed by atoms with Gasteiger partial charge in [-0.25, -0.2) is 4.39 Å². The largest absolute Gasteiger partial charge is 0.327 e. The van der Waals surface area contributed by atoms with Gasteiger partial charge in [0.25, 0.3) is 11.5 Å². The minimum absolute atomic E-state index is 0.248. The van der Waals surface area contributed by atoms with E-state index in [1.807, 2.05) is 0 Å². The molecule has 0 aliphatic carbocycles. The molecule has 0 aromatic carbocycles. The maximum atomic E-state index is 12.8. The number of halogens is 1. The van der Waals surface area contributed by atoms with E-state index in [-0.39, 0.29) is 11.2 Å². The first-order chi connectivity index (χ1) is 7.61. The molecular weight excluding hydrogens is 211 g/mol. The van der Waals surface area contributed by atoms with E-state index in [9.17, 15) is 14.0 Å². The summed E-state index contributed by atoms with van der Waals surface area (Å²) >= 11 is 0. The molecule has 0 bridgehead atoms. The Morgan fingerprint density at radius 1 is 1.56 bits per heavy atom. The number of rotatable bonds is 1. The van der Waals surface area contributed by atoms with Crippen molar-refractivity contribution in [1.82, 2.24) is 4.98 Å². The molecule has 0 saturated carbocycles. The number of aromatic nitrogens is 1. The quantitative estimate of drug-likeness (QED) is 0.724. The molecular formula is C11H11FN2O2. The van der Waals surface area contributed by atoms with E-state index in [0.717, 1.165) is 23.3 Å². The molecule has 0 atom stereocenters. The molecule has 1 aromatic heterocycles. The number of anilines is 1. The Labute approximate surface area is 91.4 Å². The van der Waals surface area contributed by atoms with Crippen LogP contribution < -0.4 is 10.5 Å². The maximum absolute atomic E-state index is 12.8. The first kappa shape index (κ1) is 10.6. The number of hydrogen-bond donors (Lipinski definition) is 1. The molecule has 1 N–H and O–H groups in total. The molecule has 2 heterocycles. The fourth-order valence-corrected chi connectivity index (χ4v) is 1.90. The monoisotopic (exact) mass is 222 g/mol. The summed E-state index contributed by atoms with van der Waals surface area (Å²) in [6, 6.07) is 1.73. The van der Waals surface area contributed by atoms with Crippen molar-refractivity contribution in [2.45, 2.75) is 12.8 Å². The van der Waals surface area contributed by atoms with Gasteiger partial charge >= 0.3 is 0 Å². The molecule has 1 aliphatic rings. The van der Waals surface area contributed by atoms with Gasteiger partial charge in [0.15, 0.2) is 5.83 Å². The van der Waals surface area contributed by atoms with E-state index in [0.29, 0.717) is 6.54 Å². The molecule has 5 heteroatoms. The van der Waals surface area contributed by atoms with Crippen LogP contribution in [0.4, 0.5) is 10.1 Å². The van der Waals surface area contributed by atoms with Crippen molar-refractivity contribution in [3.63, 3.8) is 0 Å². The summed E-state index contributed by atoms with van der Waals surface area (Å²) in [5.41, 5.74) is 0.647. The maximum Gasteiger partial charge on any atom is 0.286 e. The molecule has 2 rings (SSSR count). The van der Waals surface area contributed by atoms with Crippen LogP contribution in [0.1, 0.15) is 12.0 Å². The zero-order valence-electron chi connectivity index (χ0n) is 8.62. The van der Waals surface area contributed by atoms with Crippen molar-refractivity contribution in [1.29, 1.82) is 0 Å². The number of fused-ring (bicyclic) bond motifs is 1. The standard InChI is InChI=1S/C11H11FN2O2/c1-7(12)11(16)14-6-2-3-8-4-5-13-10(15)9(8)14/h4-5H,1-3,6H2,(H,13,15). The highest BCUT2D eigenvalue weighted by molar-refractivity contribution is 6.04. The minimum atomic E-state index is -1.05. The fraction of sp³-hybridized carbons (Fsp3) is 0.273. The smallest absolute Gasteiger partial charge is 0.286 e. The number of H-pyrrole nitrogens is 1. The summed E-state index contributed by atoms with van der Waals surface area (Å²) in [7, 11) is 0. The second kappa shape index (κ2) is 3.92. The van der Waals surface area contributed by atoms with E-state index >= 15 is 0 Å². The van der Waals surface area contributed by atoms with E-state index in [1.165, 1.54) is 6.20 Å². The molecule has 1 aliphatic heterocycles. The number of hydrogen-bond acceptors (Lipinski definition) is 2. The topological polar surface area (TPSA) is 53.2 Å². The lowest BCUT2D eigenvalue weighted by Gasteiger charge is -2.27. The number of carbonyl (C=O) groups excluding carboxylic acids is 1. The van der Waals surface area contributed by atoms with Crippen molar-refractivity contribution < 1.29 is 9.18 Å². The van der Waals surface area contributed by atoms with Crippen LogP contribution in [-0.2, 0) is 11.2 Å². The summed E-state index contributed by atoms with van der Waals surface area (Å²) in [6.07, 6.45) is 2.97. The number of amides is 1. The van der Waals surface area contributed by atoms with Gasteiger partial charge in [0.05, 0.1) is 0 Å². The Morgan fingerprint density at radius 3 is 3.00 bits per heavy atom. The number of nitrogens with one attached hydrogen (secondary N) is 1. The van der Waals surface area contributed by atoms with Crippen LogP contribution in [-0.4, -0.2) is 17.4 Å². The Hall–Kier alpha value is -1.91. The second-order valence-electron chi connectivity index (χ2n) is 3.65. The van der Waals surface area contributed by atoms with Gasteiger partial charge in [-0.1, -0.05) is 6.58 Å². The predicted octanol–water partition coefficient (Wildman–Crippen LogP) is 1.14. The highest BCUT2D eigenvalue weighted by Crippen LogP contribution is 2.23. The Morgan fingerprint density at radius 2 is 2.31 bits per heavy atom. The van der Waals surface area contributed by atoms with Gasteiger partial charge in [0.2, 0.25) is 0 Å². The van der Waals surface area contributed by atoms with Gasteiger partial charge in [-0.3, -0.25) is 9.59 Å². The normalized spacial score (nSPS) is 14.4. The van der Waals surface area contributed by atoms with Gasteiger partial charge < -0.3 is 9.88 Å². The predicted molar refractivity (Wildman–Crippen MR) is 58.0 cm³/mol. The van der Waals surface area contributed by atoms with Crippen molar-refractivity contribution in [2.75, 3.05) is 11.4 Å². The average Bonchev–Trinajstić information content (AvgIpc) is 2.27. The van der Waals surface area contributed by atoms with Gasteiger partial charge in [-0.15, -0.1) is 0 Å². The average molecular weight is 222 g/mol. The zero-order valence-corrected chi connectivity index (χ0v) is 8.62. The number of carbonyl (C=O) groups is 1. The molecule has 16 heavy (non-hydrogen) atoms. The third kappa shape index (κ3) is 1.64. The van der Waals surface area contributed by atoms with Crippen LogP contribution in [0.5, 0.6) is 0 Å². The zero-order chi connectivity index (χ0) is 11.7. The summed E-state index contributed by atoms with van der Waals surface area (Å²) in [5, 5.41) is 0. The van der Waals surface area contributed by atoms with Crippen LogP contribution in [0.2, 0.25) is 0 Å². The number of aryl methyl sites for hydroxylation is 1. The summed E-state index contributed by atoms with van der Waals surface area (Å²) in [5.74, 6) is -1.88. The highest BCUT2D eigenvalue weighted by Gasteiger charge is 2.26. The van der Waals surface area contributed by atoms with Crippen molar-refractivity contribution in [3.8, 4) is 0 Å². The summed E-state index contributed by atoms with van der Waals surface area (Å²) < 4.78 is 12.8. The molecule has 1 amide bonds. The summed E-state index contributed by atoms with van der Waals surface area (Å²) in [4.78, 5) is 26.7. The van der Waals surface area contributed by atoms with Gasteiger partial charge in [-0.05, 0) is 24.5 Å². The SMILES string of the molecule is C=C(F)C(=O)N1CCCc2cc[nH]c(=O)c21. The van der Waals surface area contributed by atoms with Crippen molar-refractivity contribution in [3.05, 3.63) is 40.6 Å². The number of nitrogens with zero attached hydrogens (tertiary/aromatic N) is 1. The second-order valence-corrected chi connectivity index (χ2v) is 3.65. The van der Waals surface area contributed by atoms with Crippen molar-refractivity contribution >= 4 is 11.6 Å². The van der Waals surface area contributed by atoms with Crippen LogP contribution in [0.25, 0.3) is 0 Å². The van der Waals surface area contributed by atoms with Gasteiger partial charge in [0.1, 0.15) is 5.69 Å². The van der Waals surface area contributed by atoms with E-state index in [4.69, 9.17) is 0 Å². The molecule has 0 spiro atoms. The first-order valence-electron chi connectivity index (χ1n) is 4.98. The van der Waals surface area contributed by atoms with E-state index in [1.54, 1.807) is 6.07 Å². The highest BCUT2D eigenvalue weighted by atomic mass is 19.1. The van der Waals surface area contributed by atoms with Crippen molar-refractivity contribution in [2.24, 2.45) is 0 Å². The summed E-state index contributed by atoms with van der Waals surface area (Å²) in [6.45, 7) is 3.31. The Bertz CT molecular complexity index is 507. The fourth-order valence-electron chi connectivity index (χ4n) is 1.90. The third-order valence-electron chi connectivity index (χ3n) is 2.59. The van der Waals surface area contributed by atoms with Gasteiger partial charge in [-0.2, -0.15) is 0 Å². The third-order valence-corrected chi connectivity index (χ3v) is 2.59. The molecule has 0 fully saturated rings. The van der Waals surface area contributed by atoms with Crippen LogP contribution in [0, 0.1) is 0 Å². The first-order valence-corrected chi connectivity index (χ1v) is 4.98. The lowest BCUT2D eigenvalue weighted by atomic mass is 10.0. The molecule has 4 nitrogen and oxygen atoms in total. The Balaban J connectivity index is 2.51. The molecule has 0 saturated heterocycles. The van der Waals surface area contributed by atoms with Crippen LogP contribution in [0.3, 0.4) is 0 Å². The molecule has 0 radical (unpaired) electrons. The van der Waals surface area contributed by atoms with Gasteiger partial charge in [0, 0.05) is 12.7 Å². The lowest BCUT2D eigenvalue weighted by molar-refractivity contribution is -0.116. The van der Waals surface area contributed by atoms with Crippen LogP contribution in [0.15, 0.2) is 29.5 Å². The lowest BCUT2D eigenvalue weighted by Crippen LogP contribution is -2.39. The molecule has 1 aromatic rings.